The van der Waals surface area contributed by atoms with Crippen molar-refractivity contribution in [3.63, 3.8) is 0 Å². The van der Waals surface area contributed by atoms with Crippen LogP contribution in [-0.4, -0.2) is 61.6 Å². The number of nitrogens with zero attached hydrogens (tertiary/aromatic N) is 2. The van der Waals surface area contributed by atoms with E-state index in [9.17, 15) is 9.59 Å². The van der Waals surface area contributed by atoms with Crippen molar-refractivity contribution >= 4 is 29.8 Å². The molecule has 0 spiro atoms. The molecule has 0 aliphatic carbocycles. The van der Waals surface area contributed by atoms with Gasteiger partial charge >= 0.3 is 0 Å². The number of aryl methyl sites for hydroxylation is 1. The van der Waals surface area contributed by atoms with Gasteiger partial charge in [0.25, 0.3) is 5.91 Å². The number of benzene rings is 2. The summed E-state index contributed by atoms with van der Waals surface area (Å²) in [6.07, 6.45) is 1.57. The van der Waals surface area contributed by atoms with Crippen LogP contribution in [0.2, 0.25) is 0 Å². The second-order valence-corrected chi connectivity index (χ2v) is 7.79. The summed E-state index contributed by atoms with van der Waals surface area (Å²) in [4.78, 5) is 26.8. The van der Waals surface area contributed by atoms with Crippen LogP contribution >= 0.6 is 11.8 Å². The van der Waals surface area contributed by atoms with Crippen molar-refractivity contribution in [2.24, 2.45) is 5.10 Å². The van der Waals surface area contributed by atoms with E-state index in [1.165, 1.54) is 17.3 Å². The average molecular weight is 428 g/mol. The van der Waals surface area contributed by atoms with Crippen molar-refractivity contribution < 1.29 is 19.1 Å². The van der Waals surface area contributed by atoms with Crippen molar-refractivity contribution in [3.8, 4) is 5.75 Å². The minimum absolute atomic E-state index is 0.00213. The zero-order valence-electron chi connectivity index (χ0n) is 16.9. The summed E-state index contributed by atoms with van der Waals surface area (Å²) in [5, 5.41) is 3.98. The fourth-order valence-corrected chi connectivity index (χ4v) is 3.38. The number of morpholine rings is 1. The third-order valence-electron chi connectivity index (χ3n) is 4.40. The second-order valence-electron chi connectivity index (χ2n) is 6.75. The van der Waals surface area contributed by atoms with Crippen molar-refractivity contribution in [2.75, 3.05) is 38.7 Å². The zero-order chi connectivity index (χ0) is 21.2. The van der Waals surface area contributed by atoms with Crippen molar-refractivity contribution in [2.45, 2.75) is 11.8 Å². The second kappa shape index (κ2) is 11.4. The Morgan fingerprint density at radius 2 is 1.83 bits per heavy atom. The summed E-state index contributed by atoms with van der Waals surface area (Å²) in [7, 11) is 0. The lowest BCUT2D eigenvalue weighted by molar-refractivity contribution is -0.137. The first kappa shape index (κ1) is 21.9. The third-order valence-corrected chi connectivity index (χ3v) is 5.41. The number of ether oxygens (including phenoxy) is 2. The molecule has 1 saturated heterocycles. The van der Waals surface area contributed by atoms with Crippen LogP contribution in [0.3, 0.4) is 0 Å². The van der Waals surface area contributed by atoms with Gasteiger partial charge < -0.3 is 14.4 Å². The lowest BCUT2D eigenvalue weighted by Gasteiger charge is -2.26. The van der Waals surface area contributed by atoms with Gasteiger partial charge in [0.05, 0.1) is 25.2 Å². The molecule has 2 amide bonds. The van der Waals surface area contributed by atoms with Crippen LogP contribution in [0.5, 0.6) is 5.75 Å². The van der Waals surface area contributed by atoms with E-state index in [0.717, 1.165) is 10.5 Å². The fraction of sp³-hybridized carbons (Fsp3) is 0.318. The Bertz CT molecular complexity index is 863. The van der Waals surface area contributed by atoms with Crippen LogP contribution in [0, 0.1) is 6.92 Å². The van der Waals surface area contributed by atoms with E-state index < -0.39 is 0 Å². The molecule has 8 heteroatoms. The van der Waals surface area contributed by atoms with E-state index in [1.807, 2.05) is 43.3 Å². The van der Waals surface area contributed by atoms with Gasteiger partial charge in [-0.2, -0.15) is 5.10 Å². The highest BCUT2D eigenvalue weighted by molar-refractivity contribution is 8.00. The molecule has 1 heterocycles. The molecule has 1 aliphatic heterocycles. The van der Waals surface area contributed by atoms with Gasteiger partial charge in [0, 0.05) is 18.0 Å². The number of amides is 2. The lowest BCUT2D eigenvalue weighted by Crippen LogP contribution is -2.42. The molecule has 1 aliphatic rings. The van der Waals surface area contributed by atoms with E-state index in [-0.39, 0.29) is 18.4 Å². The molecule has 158 valence electrons. The SMILES string of the molecule is Cc1ccc(SCC(=O)N/N=C\c2ccc(OCC(=O)N3CCOCC3)cc2)cc1. The van der Waals surface area contributed by atoms with Crippen molar-refractivity contribution in [1.82, 2.24) is 10.3 Å². The summed E-state index contributed by atoms with van der Waals surface area (Å²) < 4.78 is 10.8. The van der Waals surface area contributed by atoms with Gasteiger partial charge in [0.15, 0.2) is 6.61 Å². The molecule has 0 aromatic heterocycles. The number of hydrogen-bond acceptors (Lipinski definition) is 6. The Balaban J connectivity index is 1.37. The lowest BCUT2D eigenvalue weighted by atomic mass is 10.2. The van der Waals surface area contributed by atoms with Crippen LogP contribution in [-0.2, 0) is 14.3 Å². The highest BCUT2D eigenvalue weighted by atomic mass is 32.2. The van der Waals surface area contributed by atoms with E-state index in [4.69, 9.17) is 9.47 Å². The minimum Gasteiger partial charge on any atom is -0.484 e. The Labute approximate surface area is 180 Å². The average Bonchev–Trinajstić information content (AvgIpc) is 2.78. The molecule has 0 atom stereocenters. The standard InChI is InChI=1S/C22H25N3O4S/c1-17-2-8-20(9-3-17)30-16-21(26)24-23-14-18-4-6-19(7-5-18)29-15-22(27)25-10-12-28-13-11-25/h2-9,14H,10-13,15-16H2,1H3,(H,24,26)/b23-14-. The first-order valence-electron chi connectivity index (χ1n) is 9.70. The molecule has 0 radical (unpaired) electrons. The van der Waals surface area contributed by atoms with Gasteiger partial charge in [-0.3, -0.25) is 9.59 Å². The van der Waals surface area contributed by atoms with Crippen LogP contribution in [0.4, 0.5) is 0 Å². The highest BCUT2D eigenvalue weighted by Gasteiger charge is 2.17. The predicted molar refractivity (Wildman–Crippen MR) is 117 cm³/mol. The van der Waals surface area contributed by atoms with Crippen LogP contribution < -0.4 is 10.2 Å². The predicted octanol–water partition coefficient (Wildman–Crippen LogP) is 2.48. The molecular formula is C22H25N3O4S. The summed E-state index contributed by atoms with van der Waals surface area (Å²) in [5.74, 6) is 0.686. The Morgan fingerprint density at radius 3 is 2.53 bits per heavy atom. The summed E-state index contributed by atoms with van der Waals surface area (Å²) in [6.45, 7) is 4.38. The fourth-order valence-electron chi connectivity index (χ4n) is 2.69. The number of carbonyl (C=O) groups is 2. The maximum Gasteiger partial charge on any atom is 0.260 e. The smallest absolute Gasteiger partial charge is 0.260 e. The van der Waals surface area contributed by atoms with E-state index in [1.54, 1.807) is 23.2 Å². The van der Waals surface area contributed by atoms with Gasteiger partial charge in [0.2, 0.25) is 5.91 Å². The van der Waals surface area contributed by atoms with E-state index in [0.29, 0.717) is 37.8 Å². The minimum atomic E-state index is -0.168. The Morgan fingerprint density at radius 1 is 1.13 bits per heavy atom. The number of thioether (sulfide) groups is 1. The topological polar surface area (TPSA) is 80.2 Å². The molecular weight excluding hydrogens is 402 g/mol. The monoisotopic (exact) mass is 427 g/mol. The molecule has 1 fully saturated rings. The van der Waals surface area contributed by atoms with E-state index in [2.05, 4.69) is 10.5 Å². The number of rotatable bonds is 8. The van der Waals surface area contributed by atoms with Gasteiger partial charge in [-0.15, -0.1) is 11.8 Å². The number of nitrogens with one attached hydrogen (secondary N) is 1. The molecule has 2 aromatic carbocycles. The van der Waals surface area contributed by atoms with Gasteiger partial charge in [-0.25, -0.2) is 5.43 Å². The van der Waals surface area contributed by atoms with Gasteiger partial charge in [0.1, 0.15) is 5.75 Å². The van der Waals surface area contributed by atoms with Crippen LogP contribution in [0.1, 0.15) is 11.1 Å². The van der Waals surface area contributed by atoms with Gasteiger partial charge in [-0.1, -0.05) is 17.7 Å². The van der Waals surface area contributed by atoms with E-state index >= 15 is 0 Å². The maximum absolute atomic E-state index is 12.1. The maximum atomic E-state index is 12.1. The Kier molecular flexibility index (Phi) is 8.29. The van der Waals surface area contributed by atoms with Crippen LogP contribution in [0.15, 0.2) is 58.5 Å². The van der Waals surface area contributed by atoms with Gasteiger partial charge in [-0.05, 0) is 48.9 Å². The first-order chi connectivity index (χ1) is 14.6. The molecule has 0 unspecified atom stereocenters. The highest BCUT2D eigenvalue weighted by Crippen LogP contribution is 2.17. The normalized spacial score (nSPS) is 14.0. The first-order valence-corrected chi connectivity index (χ1v) is 10.7. The molecule has 3 rings (SSSR count). The quantitative estimate of drug-likeness (QED) is 0.398. The molecule has 0 saturated carbocycles. The number of carbonyl (C=O) groups excluding carboxylic acids is 2. The van der Waals surface area contributed by atoms with Crippen molar-refractivity contribution in [3.05, 3.63) is 59.7 Å². The number of hydrazone groups is 1. The summed E-state index contributed by atoms with van der Waals surface area (Å²) >= 11 is 1.46. The molecule has 1 N–H and O–H groups in total. The summed E-state index contributed by atoms with van der Waals surface area (Å²) in [6, 6.07) is 15.2. The molecule has 30 heavy (non-hydrogen) atoms. The largest absolute Gasteiger partial charge is 0.484 e. The molecule has 2 aromatic rings. The Hall–Kier alpha value is -2.84. The third kappa shape index (κ3) is 7.20. The summed E-state index contributed by atoms with van der Waals surface area (Å²) in [5.41, 5.74) is 4.52. The van der Waals surface area contributed by atoms with Crippen molar-refractivity contribution in [1.29, 1.82) is 0 Å². The molecule has 7 nitrogen and oxygen atoms in total. The van der Waals surface area contributed by atoms with Crippen LogP contribution in [0.25, 0.3) is 0 Å². The zero-order valence-corrected chi connectivity index (χ0v) is 17.7. The molecule has 0 bridgehead atoms. The number of hydrogen-bond donors (Lipinski definition) is 1.